The smallest absolute Gasteiger partial charge is 0.287 e. The highest BCUT2D eigenvalue weighted by Crippen LogP contribution is 2.65. The van der Waals surface area contributed by atoms with Crippen LogP contribution in [0.25, 0.3) is 0 Å². The standard InChI is InChI=1S/C34H57N5O3/c1-9-26(33(4,5)6)36-21(3)37-28(23-16-11-10-12-17-23)20(2)39-19-24-27(34(24,7)8)29(39)32(42)38-25(30(40)31(35)41)18-22-14-13-15-22/h22-29,36-37H,2-3,9-19H2,1,4-8H3,(H2,35,41)(H,38,42)/t24-,25?,26?,27-,28?,29?/m0/s1. The number of hydrogen-bond donors (Lipinski definition) is 4. The number of carbonyl (C=O) groups is 3. The molecule has 0 bridgehead atoms. The van der Waals surface area contributed by atoms with E-state index >= 15 is 0 Å². The fraction of sp³-hybridized carbons (Fsp3) is 0.794. The molecule has 4 fully saturated rings. The summed E-state index contributed by atoms with van der Waals surface area (Å²) in [7, 11) is 0. The Balaban J connectivity index is 1.55. The van der Waals surface area contributed by atoms with Crippen molar-refractivity contribution in [2.24, 2.45) is 40.2 Å². The summed E-state index contributed by atoms with van der Waals surface area (Å²) in [4.78, 5) is 40.9. The average Bonchev–Trinajstić information content (AvgIpc) is 3.22. The molecule has 1 aliphatic heterocycles. The van der Waals surface area contributed by atoms with E-state index in [-0.39, 0.29) is 34.7 Å². The van der Waals surface area contributed by atoms with E-state index in [1.54, 1.807) is 0 Å². The van der Waals surface area contributed by atoms with E-state index in [0.29, 0.717) is 24.2 Å². The third-order valence-corrected chi connectivity index (χ3v) is 11.1. The van der Waals surface area contributed by atoms with Crippen molar-refractivity contribution in [3.05, 3.63) is 24.7 Å². The van der Waals surface area contributed by atoms with E-state index in [9.17, 15) is 14.4 Å². The van der Waals surface area contributed by atoms with Crippen LogP contribution in [0.4, 0.5) is 0 Å². The number of nitrogens with one attached hydrogen (secondary N) is 3. The van der Waals surface area contributed by atoms with Crippen LogP contribution in [0.15, 0.2) is 24.7 Å². The van der Waals surface area contributed by atoms with Crippen LogP contribution in [0.3, 0.4) is 0 Å². The number of likely N-dealkylation sites (tertiary alicyclic amines) is 1. The van der Waals surface area contributed by atoms with Gasteiger partial charge < -0.3 is 26.6 Å². The summed E-state index contributed by atoms with van der Waals surface area (Å²) in [6.07, 6.45) is 10.5. The number of Topliss-reactive ketones (excluding diaryl/α,β-unsaturated/α-hetero) is 1. The van der Waals surface area contributed by atoms with Gasteiger partial charge in [0.05, 0.1) is 17.9 Å². The Morgan fingerprint density at radius 3 is 2.14 bits per heavy atom. The summed E-state index contributed by atoms with van der Waals surface area (Å²) in [5, 5.41) is 10.4. The molecule has 3 saturated carbocycles. The van der Waals surface area contributed by atoms with Crippen LogP contribution in [-0.2, 0) is 14.4 Å². The Labute approximate surface area is 254 Å². The van der Waals surface area contributed by atoms with Crippen molar-refractivity contribution in [1.29, 1.82) is 0 Å². The van der Waals surface area contributed by atoms with E-state index in [4.69, 9.17) is 5.73 Å². The fourth-order valence-electron chi connectivity index (χ4n) is 8.09. The fourth-order valence-corrected chi connectivity index (χ4v) is 8.09. The van der Waals surface area contributed by atoms with Crippen molar-refractivity contribution in [2.75, 3.05) is 6.54 Å². The molecule has 0 spiro atoms. The van der Waals surface area contributed by atoms with E-state index in [1.165, 1.54) is 19.3 Å². The first-order chi connectivity index (χ1) is 19.7. The van der Waals surface area contributed by atoms with Gasteiger partial charge >= 0.3 is 0 Å². The summed E-state index contributed by atoms with van der Waals surface area (Å²) in [5.41, 5.74) is 6.45. The minimum Gasteiger partial charge on any atom is -0.369 e. The lowest BCUT2D eigenvalue weighted by Gasteiger charge is -2.42. The Kier molecular flexibility index (Phi) is 9.73. The summed E-state index contributed by atoms with van der Waals surface area (Å²) >= 11 is 0. The molecule has 4 aliphatic rings. The molecule has 1 heterocycles. The van der Waals surface area contributed by atoms with Crippen molar-refractivity contribution < 1.29 is 14.4 Å². The highest BCUT2D eigenvalue weighted by atomic mass is 16.2. The minimum absolute atomic E-state index is 0.0376. The molecule has 0 aromatic rings. The minimum atomic E-state index is -0.981. The second-order valence-corrected chi connectivity index (χ2v) is 15.3. The Hall–Kier alpha value is -2.51. The number of ketones is 1. The molecule has 0 aromatic carbocycles. The van der Waals surface area contributed by atoms with Gasteiger partial charge in [-0.25, -0.2) is 0 Å². The third-order valence-electron chi connectivity index (χ3n) is 11.1. The number of fused-ring (bicyclic) bond motifs is 1. The summed E-state index contributed by atoms with van der Waals surface area (Å²) in [5.74, 6) is 0.219. The Morgan fingerprint density at radius 1 is 0.976 bits per heavy atom. The van der Waals surface area contributed by atoms with E-state index in [0.717, 1.165) is 56.6 Å². The van der Waals surface area contributed by atoms with Crippen molar-refractivity contribution in [1.82, 2.24) is 20.9 Å². The second kappa shape index (κ2) is 12.6. The summed E-state index contributed by atoms with van der Waals surface area (Å²) in [6.45, 7) is 23.1. The molecule has 42 heavy (non-hydrogen) atoms. The number of nitrogens with two attached hydrogens (primary N) is 1. The molecule has 8 nitrogen and oxygen atoms in total. The number of amides is 2. The SMILES string of the molecule is C=C(NC(C(=C)N1C[C@H]2[C@@H](C1C(=O)NC(CC1CCC1)C(=O)C(N)=O)C2(C)C)C1CCCCC1)NC(CC)C(C)(C)C. The molecule has 3 aliphatic carbocycles. The highest BCUT2D eigenvalue weighted by molar-refractivity contribution is 6.37. The van der Waals surface area contributed by atoms with Crippen LogP contribution in [-0.4, -0.2) is 53.2 Å². The molecule has 236 valence electrons. The predicted octanol–water partition coefficient (Wildman–Crippen LogP) is 4.61. The van der Waals surface area contributed by atoms with E-state index < -0.39 is 23.8 Å². The zero-order valence-corrected chi connectivity index (χ0v) is 27.1. The normalized spacial score (nSPS) is 27.6. The summed E-state index contributed by atoms with van der Waals surface area (Å²) < 4.78 is 0. The van der Waals surface area contributed by atoms with Crippen LogP contribution in [0.1, 0.15) is 106 Å². The molecular weight excluding hydrogens is 526 g/mol. The number of piperidine rings is 1. The average molecular weight is 584 g/mol. The van der Waals surface area contributed by atoms with Gasteiger partial charge in [-0.3, -0.25) is 14.4 Å². The van der Waals surface area contributed by atoms with Crippen LogP contribution in [0.5, 0.6) is 0 Å². The predicted molar refractivity (Wildman–Crippen MR) is 168 cm³/mol. The summed E-state index contributed by atoms with van der Waals surface area (Å²) in [6, 6.07) is -1.08. The van der Waals surface area contributed by atoms with Gasteiger partial charge in [0.15, 0.2) is 0 Å². The molecule has 6 atom stereocenters. The van der Waals surface area contributed by atoms with Crippen LogP contribution in [0.2, 0.25) is 0 Å². The maximum absolute atomic E-state index is 14.1. The molecule has 4 rings (SSSR count). The zero-order chi connectivity index (χ0) is 31.0. The van der Waals surface area contributed by atoms with Crippen molar-refractivity contribution in [3.8, 4) is 0 Å². The van der Waals surface area contributed by atoms with Gasteiger partial charge in [0.25, 0.3) is 5.91 Å². The maximum atomic E-state index is 14.1. The largest absolute Gasteiger partial charge is 0.369 e. The van der Waals surface area contributed by atoms with Crippen LogP contribution >= 0.6 is 0 Å². The van der Waals surface area contributed by atoms with E-state index in [2.05, 4.69) is 75.6 Å². The molecule has 8 heteroatoms. The second-order valence-electron chi connectivity index (χ2n) is 15.3. The van der Waals surface area contributed by atoms with Gasteiger partial charge in [0, 0.05) is 18.3 Å². The number of nitrogens with zero attached hydrogens (tertiary/aromatic N) is 1. The first kappa shape index (κ1) is 32.4. The number of hydrogen-bond acceptors (Lipinski definition) is 6. The first-order valence-electron chi connectivity index (χ1n) is 16.5. The topological polar surface area (TPSA) is 117 Å². The van der Waals surface area contributed by atoms with E-state index in [1.807, 2.05) is 0 Å². The van der Waals surface area contributed by atoms with Crippen LogP contribution in [0, 0.1) is 34.5 Å². The lowest BCUT2D eigenvalue weighted by Crippen LogP contribution is -2.56. The molecule has 1 saturated heterocycles. The van der Waals surface area contributed by atoms with Crippen molar-refractivity contribution in [2.45, 2.75) is 130 Å². The molecule has 2 amide bonds. The third kappa shape index (κ3) is 6.83. The molecular formula is C34H57N5O3. The van der Waals surface area contributed by atoms with Gasteiger partial charge in [-0.05, 0) is 60.2 Å². The van der Waals surface area contributed by atoms with Gasteiger partial charge in [0.2, 0.25) is 11.7 Å². The van der Waals surface area contributed by atoms with Gasteiger partial charge in [-0.2, -0.15) is 0 Å². The maximum Gasteiger partial charge on any atom is 0.287 e. The van der Waals surface area contributed by atoms with Crippen molar-refractivity contribution >= 4 is 17.6 Å². The molecule has 0 aromatic heterocycles. The zero-order valence-electron chi connectivity index (χ0n) is 27.1. The lowest BCUT2D eigenvalue weighted by molar-refractivity contribution is -0.139. The number of carbonyl (C=O) groups excluding carboxylic acids is 3. The first-order valence-corrected chi connectivity index (χ1v) is 16.5. The number of rotatable bonds is 14. The van der Waals surface area contributed by atoms with Gasteiger partial charge in [0.1, 0.15) is 6.04 Å². The molecule has 4 unspecified atom stereocenters. The van der Waals surface area contributed by atoms with Crippen molar-refractivity contribution in [3.63, 3.8) is 0 Å². The monoisotopic (exact) mass is 583 g/mol. The van der Waals surface area contributed by atoms with Gasteiger partial charge in [-0.1, -0.05) is 93.2 Å². The van der Waals surface area contributed by atoms with Crippen LogP contribution < -0.4 is 21.7 Å². The Bertz CT molecular complexity index is 1050. The molecule has 0 radical (unpaired) electrons. The lowest BCUT2D eigenvalue weighted by atomic mass is 9.80. The quantitative estimate of drug-likeness (QED) is 0.222. The Morgan fingerprint density at radius 2 is 1.62 bits per heavy atom. The number of primary amides is 1. The molecule has 5 N–H and O–H groups in total. The highest BCUT2D eigenvalue weighted by Gasteiger charge is 2.69. The van der Waals surface area contributed by atoms with Gasteiger partial charge in [-0.15, -0.1) is 0 Å².